The molecule has 9 nitrogen and oxygen atoms in total. The number of nitrogens with zero attached hydrogens (tertiary/aromatic N) is 6. The third-order valence-corrected chi connectivity index (χ3v) is 4.54. The van der Waals surface area contributed by atoms with E-state index in [1.54, 1.807) is 11.8 Å². The van der Waals surface area contributed by atoms with E-state index in [2.05, 4.69) is 25.3 Å². The molecule has 1 unspecified atom stereocenters. The topological polar surface area (TPSA) is 102 Å². The van der Waals surface area contributed by atoms with E-state index < -0.39 is 6.43 Å². The van der Waals surface area contributed by atoms with Gasteiger partial charge in [-0.15, -0.1) is 0 Å². The van der Waals surface area contributed by atoms with Crippen LogP contribution in [0, 0.1) is 0 Å². The highest BCUT2D eigenvalue weighted by molar-refractivity contribution is 5.92. The summed E-state index contributed by atoms with van der Waals surface area (Å²) in [7, 11) is 0. The van der Waals surface area contributed by atoms with Crippen LogP contribution in [0.2, 0.25) is 0 Å². The van der Waals surface area contributed by atoms with Crippen LogP contribution in [-0.4, -0.2) is 54.4 Å². The number of carbonyl (C=O) groups excluding carboxylic acids is 1. The first-order valence-electron chi connectivity index (χ1n) is 8.51. The molecule has 11 heteroatoms. The summed E-state index contributed by atoms with van der Waals surface area (Å²) in [4.78, 5) is 30.2. The van der Waals surface area contributed by atoms with Crippen LogP contribution < -0.4 is 5.32 Å². The highest BCUT2D eigenvalue weighted by Crippen LogP contribution is 2.27. The Kier molecular flexibility index (Phi) is 4.42. The van der Waals surface area contributed by atoms with Crippen molar-refractivity contribution < 1.29 is 18.0 Å². The van der Waals surface area contributed by atoms with E-state index in [-0.39, 0.29) is 23.5 Å². The van der Waals surface area contributed by atoms with E-state index in [1.807, 2.05) is 0 Å². The number of imidazole rings is 1. The van der Waals surface area contributed by atoms with Crippen molar-refractivity contribution in [2.75, 3.05) is 18.4 Å². The molecule has 1 aliphatic rings. The third-order valence-electron chi connectivity index (χ3n) is 4.54. The second-order valence-corrected chi connectivity index (χ2v) is 6.16. The molecule has 1 aliphatic heterocycles. The zero-order valence-corrected chi connectivity index (χ0v) is 14.5. The maximum absolute atomic E-state index is 13.3. The van der Waals surface area contributed by atoms with Crippen molar-refractivity contribution in [1.29, 1.82) is 0 Å². The predicted octanol–water partition coefficient (Wildman–Crippen LogP) is 2.10. The molecule has 0 aliphatic carbocycles. The van der Waals surface area contributed by atoms with Crippen molar-refractivity contribution in [1.82, 2.24) is 29.4 Å². The highest BCUT2D eigenvalue weighted by Gasteiger charge is 2.29. The number of rotatable bonds is 5. The Hall–Kier alpha value is -3.11. The summed E-state index contributed by atoms with van der Waals surface area (Å²) in [6, 6.07) is -0.0827. The molecule has 1 atom stereocenters. The highest BCUT2D eigenvalue weighted by atomic mass is 19.3. The summed E-state index contributed by atoms with van der Waals surface area (Å²) >= 11 is 0. The Labute approximate surface area is 152 Å². The molecular weight excluding hydrogens is 360 g/mol. The van der Waals surface area contributed by atoms with Gasteiger partial charge in [0, 0.05) is 25.7 Å². The Morgan fingerprint density at radius 1 is 1.41 bits per heavy atom. The average molecular weight is 377 g/mol. The summed E-state index contributed by atoms with van der Waals surface area (Å²) < 4.78 is 32.7. The van der Waals surface area contributed by atoms with E-state index in [9.17, 15) is 13.6 Å². The zero-order chi connectivity index (χ0) is 19.0. The zero-order valence-electron chi connectivity index (χ0n) is 14.5. The molecule has 1 saturated heterocycles. The van der Waals surface area contributed by atoms with Gasteiger partial charge in [-0.1, -0.05) is 0 Å². The van der Waals surface area contributed by atoms with E-state index >= 15 is 0 Å². The van der Waals surface area contributed by atoms with Crippen LogP contribution in [-0.2, 0) is 6.54 Å². The van der Waals surface area contributed by atoms with Crippen molar-refractivity contribution >= 4 is 22.9 Å². The Morgan fingerprint density at radius 3 is 2.96 bits per heavy atom. The number of anilines is 1. The minimum atomic E-state index is -2.70. The molecule has 3 aromatic rings. The molecule has 0 saturated carbocycles. The molecule has 0 bridgehead atoms. The Balaban J connectivity index is 1.55. The summed E-state index contributed by atoms with van der Waals surface area (Å²) in [5.74, 6) is -0.156. The lowest BCUT2D eigenvalue weighted by Crippen LogP contribution is -2.32. The van der Waals surface area contributed by atoms with Crippen molar-refractivity contribution in [3.8, 4) is 0 Å². The number of nitrogens with one attached hydrogen (secondary N) is 1. The number of fused-ring (bicyclic) bond motifs is 1. The maximum Gasteiger partial charge on any atom is 0.295 e. The van der Waals surface area contributed by atoms with Crippen LogP contribution in [0.5, 0.6) is 0 Å². The van der Waals surface area contributed by atoms with Gasteiger partial charge < -0.3 is 19.2 Å². The number of oxazole rings is 1. The number of likely N-dealkylation sites (tertiary alicyclic amines) is 1. The van der Waals surface area contributed by atoms with Gasteiger partial charge in [-0.05, 0) is 13.3 Å². The first-order valence-corrected chi connectivity index (χ1v) is 8.51. The molecule has 0 aromatic carbocycles. The van der Waals surface area contributed by atoms with Crippen LogP contribution in [0.15, 0.2) is 23.4 Å². The van der Waals surface area contributed by atoms with E-state index in [4.69, 9.17) is 4.42 Å². The summed E-state index contributed by atoms with van der Waals surface area (Å²) in [6.07, 6.45) is 1.82. The number of aromatic nitrogens is 5. The number of alkyl halides is 2. The minimum absolute atomic E-state index is 0.0827. The molecular formula is C16H17F2N7O2. The summed E-state index contributed by atoms with van der Waals surface area (Å²) in [5, 5.41) is 3.21. The van der Waals surface area contributed by atoms with Crippen LogP contribution in [0.4, 0.5) is 14.6 Å². The number of hydrogen-bond acceptors (Lipinski definition) is 7. The molecule has 1 fully saturated rings. The Bertz CT molecular complexity index is 957. The molecule has 142 valence electrons. The standard InChI is InChI=1S/C16H17F2N7O2/c1-2-25-14-11(23-15(25)12(17)18)13(19-7-20-14)22-9-3-4-24(5-9)16(26)10-6-27-8-21-10/h6-9,12H,2-5H2,1H3,(H,19,20,22). The fraction of sp³-hybridized carbons (Fsp3) is 0.438. The molecule has 27 heavy (non-hydrogen) atoms. The van der Waals surface area contributed by atoms with Crippen LogP contribution >= 0.6 is 0 Å². The molecule has 4 rings (SSSR count). The lowest BCUT2D eigenvalue weighted by Gasteiger charge is -2.16. The van der Waals surface area contributed by atoms with Crippen molar-refractivity contribution in [2.24, 2.45) is 0 Å². The van der Waals surface area contributed by atoms with Gasteiger partial charge in [-0.25, -0.2) is 28.7 Å². The van der Waals surface area contributed by atoms with Gasteiger partial charge in [0.1, 0.15) is 12.6 Å². The van der Waals surface area contributed by atoms with Gasteiger partial charge in [-0.3, -0.25) is 4.79 Å². The number of aryl methyl sites for hydroxylation is 1. The predicted molar refractivity (Wildman–Crippen MR) is 90.4 cm³/mol. The van der Waals surface area contributed by atoms with Gasteiger partial charge in [-0.2, -0.15) is 0 Å². The van der Waals surface area contributed by atoms with Gasteiger partial charge in [0.25, 0.3) is 12.3 Å². The van der Waals surface area contributed by atoms with E-state index in [1.165, 1.54) is 23.6 Å². The average Bonchev–Trinajstić information content (AvgIpc) is 3.40. The molecule has 0 radical (unpaired) electrons. The molecule has 1 N–H and O–H groups in total. The number of halogens is 2. The van der Waals surface area contributed by atoms with Gasteiger partial charge in [0.15, 0.2) is 34.9 Å². The number of carbonyl (C=O) groups is 1. The number of amides is 1. The quantitative estimate of drug-likeness (QED) is 0.726. The maximum atomic E-state index is 13.3. The SMILES string of the molecule is CCn1c(C(F)F)nc2c(NC3CCN(C(=O)c4cocn4)C3)ncnc21. The minimum Gasteiger partial charge on any atom is -0.451 e. The largest absolute Gasteiger partial charge is 0.451 e. The molecule has 4 heterocycles. The fourth-order valence-corrected chi connectivity index (χ4v) is 3.27. The first kappa shape index (κ1) is 17.3. The van der Waals surface area contributed by atoms with Gasteiger partial charge >= 0.3 is 0 Å². The smallest absolute Gasteiger partial charge is 0.295 e. The number of hydrogen-bond donors (Lipinski definition) is 1. The Morgan fingerprint density at radius 2 is 2.26 bits per heavy atom. The summed E-state index contributed by atoms with van der Waals surface area (Å²) in [5.41, 5.74) is 0.915. The van der Waals surface area contributed by atoms with Crippen LogP contribution in [0.1, 0.15) is 36.1 Å². The molecule has 0 spiro atoms. The van der Waals surface area contributed by atoms with Crippen LogP contribution in [0.25, 0.3) is 11.2 Å². The van der Waals surface area contributed by atoms with Crippen molar-refractivity contribution in [3.63, 3.8) is 0 Å². The van der Waals surface area contributed by atoms with E-state index in [0.717, 1.165) is 0 Å². The second-order valence-electron chi connectivity index (χ2n) is 6.16. The van der Waals surface area contributed by atoms with E-state index in [0.29, 0.717) is 43.0 Å². The van der Waals surface area contributed by atoms with Gasteiger partial charge in [0.05, 0.1) is 0 Å². The second kappa shape index (κ2) is 6.89. The fourth-order valence-electron chi connectivity index (χ4n) is 3.27. The van der Waals surface area contributed by atoms with Crippen molar-refractivity contribution in [2.45, 2.75) is 32.4 Å². The van der Waals surface area contributed by atoms with Crippen molar-refractivity contribution in [3.05, 3.63) is 30.5 Å². The first-order chi connectivity index (χ1) is 13.1. The lowest BCUT2D eigenvalue weighted by molar-refractivity contribution is 0.0785. The molecule has 3 aromatic heterocycles. The lowest BCUT2D eigenvalue weighted by atomic mass is 10.2. The summed E-state index contributed by atoms with van der Waals surface area (Å²) in [6.45, 7) is 3.07. The normalized spacial score (nSPS) is 17.2. The third kappa shape index (κ3) is 3.09. The van der Waals surface area contributed by atoms with Crippen LogP contribution in [0.3, 0.4) is 0 Å². The molecule has 1 amide bonds. The monoisotopic (exact) mass is 377 g/mol. The van der Waals surface area contributed by atoms with Gasteiger partial charge in [0.2, 0.25) is 0 Å².